The van der Waals surface area contributed by atoms with E-state index in [1.54, 1.807) is 0 Å². The van der Waals surface area contributed by atoms with Gasteiger partial charge in [-0.3, -0.25) is 0 Å². The largest absolute Gasteiger partial charge is 0.492 e. The van der Waals surface area contributed by atoms with Crippen LogP contribution in [0.5, 0.6) is 11.5 Å². The molecule has 242 valence electrons. The van der Waals surface area contributed by atoms with Gasteiger partial charge >= 0.3 is 0 Å². The van der Waals surface area contributed by atoms with Crippen molar-refractivity contribution in [1.29, 1.82) is 0 Å². The first-order chi connectivity index (χ1) is 22.1. The minimum atomic E-state index is -4.18. The Kier molecular flexibility index (Phi) is 10.2. The van der Waals surface area contributed by atoms with Gasteiger partial charge in [-0.15, -0.1) is 0 Å². The number of hydrogen-bond donors (Lipinski definition) is 0. The number of halogens is 2. The Balaban J connectivity index is 1.46. The van der Waals surface area contributed by atoms with Crippen molar-refractivity contribution in [1.82, 2.24) is 8.61 Å². The van der Waals surface area contributed by atoms with Crippen LogP contribution in [0.2, 0.25) is 0 Å². The molecule has 11 heteroatoms. The Bertz CT molecular complexity index is 1570. The summed E-state index contributed by atoms with van der Waals surface area (Å²) >= 11 is 7.00. The third kappa shape index (κ3) is 7.68. The highest BCUT2D eigenvalue weighted by molar-refractivity contribution is 9.10. The molecular formula is C35H36Br2N2O6S. The van der Waals surface area contributed by atoms with E-state index in [-0.39, 0.29) is 26.3 Å². The number of benzene rings is 4. The molecule has 4 aromatic rings. The maximum absolute atomic E-state index is 15.1. The highest BCUT2D eigenvalue weighted by Gasteiger charge is 2.58. The van der Waals surface area contributed by atoms with Crippen LogP contribution in [-0.2, 0) is 32.8 Å². The Morgan fingerprint density at radius 2 is 1.00 bits per heavy atom. The highest BCUT2D eigenvalue weighted by Crippen LogP contribution is 2.41. The molecule has 0 unspecified atom stereocenters. The van der Waals surface area contributed by atoms with E-state index in [1.165, 1.54) is 8.61 Å². The normalized spacial score (nSPS) is 24.2. The first-order valence-electron chi connectivity index (χ1n) is 15.1. The van der Waals surface area contributed by atoms with Crippen molar-refractivity contribution in [3.8, 4) is 11.5 Å². The Morgan fingerprint density at radius 3 is 1.37 bits per heavy atom. The minimum Gasteiger partial charge on any atom is -0.492 e. The molecule has 0 amide bonds. The molecule has 0 aromatic heterocycles. The van der Waals surface area contributed by atoms with Crippen molar-refractivity contribution in [2.24, 2.45) is 0 Å². The molecule has 0 spiro atoms. The minimum absolute atomic E-state index is 0.0543. The Labute approximate surface area is 287 Å². The van der Waals surface area contributed by atoms with Gasteiger partial charge < -0.3 is 18.9 Å². The lowest BCUT2D eigenvalue weighted by Crippen LogP contribution is -2.53. The monoisotopic (exact) mass is 770 g/mol. The summed E-state index contributed by atoms with van der Waals surface area (Å²) < 4.78 is 60.9. The molecule has 46 heavy (non-hydrogen) atoms. The number of para-hydroxylation sites is 2. The van der Waals surface area contributed by atoms with E-state index in [4.69, 9.17) is 18.9 Å². The van der Waals surface area contributed by atoms with Crippen molar-refractivity contribution in [2.75, 3.05) is 13.2 Å². The second kappa shape index (κ2) is 14.1. The van der Waals surface area contributed by atoms with Gasteiger partial charge in [0.05, 0.1) is 12.1 Å². The highest BCUT2D eigenvalue weighted by atomic mass is 79.9. The zero-order valence-corrected chi connectivity index (χ0v) is 29.5. The van der Waals surface area contributed by atoms with Crippen molar-refractivity contribution >= 4 is 42.1 Å². The Morgan fingerprint density at radius 1 is 0.630 bits per heavy atom. The molecule has 0 saturated carbocycles. The molecule has 2 aliphatic heterocycles. The van der Waals surface area contributed by atoms with Crippen LogP contribution >= 0.6 is 31.9 Å². The average molecular weight is 773 g/mol. The van der Waals surface area contributed by atoms with Crippen LogP contribution in [0.1, 0.15) is 25.0 Å². The summed E-state index contributed by atoms with van der Waals surface area (Å²) in [5.74, 6) is 0.301. The fraction of sp³-hybridized carbons (Fsp3) is 0.314. The summed E-state index contributed by atoms with van der Waals surface area (Å²) in [6, 6.07) is 32.6. The van der Waals surface area contributed by atoms with Crippen molar-refractivity contribution in [3.63, 3.8) is 0 Å². The molecule has 4 atom stereocenters. The second-order valence-corrected chi connectivity index (χ2v) is 15.5. The van der Waals surface area contributed by atoms with E-state index >= 15 is 8.42 Å². The Hall–Kier alpha value is -2.77. The molecule has 0 bridgehead atoms. The molecule has 4 aromatic carbocycles. The molecule has 6 rings (SSSR count). The maximum atomic E-state index is 15.1. The fourth-order valence-corrected chi connectivity index (χ4v) is 8.38. The van der Waals surface area contributed by atoms with Crippen LogP contribution in [0.25, 0.3) is 0 Å². The zero-order chi connectivity index (χ0) is 32.3. The topological polar surface area (TPSA) is 77.5 Å². The van der Waals surface area contributed by atoms with Gasteiger partial charge in [-0.2, -0.15) is 17.0 Å². The summed E-state index contributed by atoms with van der Waals surface area (Å²) in [7, 11) is -4.18. The molecule has 0 radical (unpaired) electrons. The van der Waals surface area contributed by atoms with Gasteiger partial charge in [0, 0.05) is 22.0 Å². The van der Waals surface area contributed by atoms with Gasteiger partial charge in [-0.25, -0.2) is 0 Å². The molecule has 8 nitrogen and oxygen atoms in total. The van der Waals surface area contributed by atoms with Crippen molar-refractivity contribution in [3.05, 3.63) is 129 Å². The van der Waals surface area contributed by atoms with Gasteiger partial charge in [0.25, 0.3) is 10.2 Å². The van der Waals surface area contributed by atoms with Crippen LogP contribution in [-0.4, -0.2) is 60.3 Å². The summed E-state index contributed by atoms with van der Waals surface area (Å²) in [4.78, 5) is 0. The van der Waals surface area contributed by atoms with Gasteiger partial charge in [-0.1, -0.05) is 92.5 Å². The third-order valence-corrected chi connectivity index (χ3v) is 11.1. The molecule has 2 fully saturated rings. The number of hydrogen-bond acceptors (Lipinski definition) is 6. The smallest absolute Gasteiger partial charge is 0.283 e. The average Bonchev–Trinajstić information content (AvgIpc) is 3.35. The van der Waals surface area contributed by atoms with Gasteiger partial charge in [0.1, 0.15) is 36.9 Å². The zero-order valence-electron chi connectivity index (χ0n) is 25.5. The van der Waals surface area contributed by atoms with E-state index < -0.39 is 40.3 Å². The number of rotatable bonds is 10. The SMILES string of the molecule is CC1(C)O[C@@H]2[C@@H](O1)[C@@H](COc1ccccc1)N(Cc1ccc(Br)cc1)S(=O)(=O)N(Cc1ccc(Br)cc1)[C@@H]2COc1ccccc1. The van der Waals surface area contributed by atoms with Crippen LogP contribution in [0, 0.1) is 0 Å². The predicted molar refractivity (Wildman–Crippen MR) is 184 cm³/mol. The summed E-state index contributed by atoms with van der Waals surface area (Å²) in [5.41, 5.74) is 1.66. The molecular weight excluding hydrogens is 736 g/mol. The molecule has 0 N–H and O–H groups in total. The molecule has 0 aliphatic carbocycles. The van der Waals surface area contributed by atoms with Crippen molar-refractivity contribution in [2.45, 2.75) is 57.0 Å². The van der Waals surface area contributed by atoms with Gasteiger partial charge in [0.2, 0.25) is 0 Å². The molecule has 2 heterocycles. The standard InChI is InChI=1S/C35H36Br2N2O6S/c1-35(2)44-33-31(23-42-29-9-5-3-6-10-29)38(21-25-13-17-27(36)18-14-25)46(40,41)39(22-26-15-19-28(37)20-16-26)32(34(33)45-35)24-43-30-11-7-4-8-12-30/h3-20,31-34H,21-24H2,1-2H3/t31-,32-,33+,34+/m1/s1. The number of fused-ring (bicyclic) bond motifs is 1. The molecule has 2 aliphatic rings. The van der Waals surface area contributed by atoms with Crippen molar-refractivity contribution < 1.29 is 27.4 Å². The van der Waals surface area contributed by atoms with Gasteiger partial charge in [0.15, 0.2) is 5.79 Å². The molecule has 2 saturated heterocycles. The van der Waals surface area contributed by atoms with E-state index in [2.05, 4.69) is 31.9 Å². The lowest BCUT2D eigenvalue weighted by atomic mass is 9.99. The van der Waals surface area contributed by atoms with Crippen LogP contribution in [0.15, 0.2) is 118 Å². The number of ether oxygens (including phenoxy) is 4. The first kappa shape index (κ1) is 33.1. The maximum Gasteiger partial charge on any atom is 0.283 e. The van der Waals surface area contributed by atoms with Crippen LogP contribution in [0.3, 0.4) is 0 Å². The lowest BCUT2D eigenvalue weighted by molar-refractivity contribution is -0.156. The van der Waals surface area contributed by atoms with E-state index in [1.807, 2.05) is 123 Å². The summed E-state index contributed by atoms with van der Waals surface area (Å²) in [6.07, 6.45) is -1.33. The van der Waals surface area contributed by atoms with E-state index in [9.17, 15) is 0 Å². The van der Waals surface area contributed by atoms with E-state index in [0.29, 0.717) is 11.5 Å². The summed E-state index contributed by atoms with van der Waals surface area (Å²) in [5, 5.41) is 0. The van der Waals surface area contributed by atoms with Gasteiger partial charge in [-0.05, 0) is 73.5 Å². The van der Waals surface area contributed by atoms with E-state index in [0.717, 1.165) is 20.1 Å². The predicted octanol–water partition coefficient (Wildman–Crippen LogP) is 7.19. The quantitative estimate of drug-likeness (QED) is 0.170. The third-order valence-electron chi connectivity index (χ3n) is 8.09. The second-order valence-electron chi connectivity index (χ2n) is 11.8. The lowest BCUT2D eigenvalue weighted by Gasteiger charge is -2.36. The fourth-order valence-electron chi connectivity index (χ4n) is 5.91. The summed E-state index contributed by atoms with van der Waals surface area (Å²) in [6.45, 7) is 4.04. The van der Waals surface area contributed by atoms with Crippen LogP contribution < -0.4 is 9.47 Å². The number of nitrogens with zero attached hydrogens (tertiary/aromatic N) is 2. The first-order valence-corrected chi connectivity index (χ1v) is 18.1. The van der Waals surface area contributed by atoms with Crippen LogP contribution in [0.4, 0.5) is 0 Å².